The van der Waals surface area contributed by atoms with E-state index in [0.717, 1.165) is 12.4 Å². The van der Waals surface area contributed by atoms with E-state index >= 15 is 0 Å². The molecule has 30 heavy (non-hydrogen) atoms. The first kappa shape index (κ1) is 32.2. The Morgan fingerprint density at radius 1 is 0.667 bits per heavy atom. The van der Waals surface area contributed by atoms with E-state index in [0.29, 0.717) is 0 Å². The monoisotopic (exact) mass is 488 g/mol. The molecule has 0 aliphatic carbocycles. The molecule has 0 aliphatic heterocycles. The van der Waals surface area contributed by atoms with Crippen molar-refractivity contribution in [1.29, 1.82) is 0 Å². The quantitative estimate of drug-likeness (QED) is 0.136. The van der Waals surface area contributed by atoms with Crippen LogP contribution in [0.1, 0.15) is 122 Å². The Morgan fingerprint density at radius 3 is 1.47 bits per heavy atom. The summed E-state index contributed by atoms with van der Waals surface area (Å²) >= 11 is 0. The maximum atomic E-state index is 5.82. The maximum Gasteiger partial charge on any atom is 2.00 e. The molecule has 0 atom stereocenters. The molecule has 1 aromatic carbocycles. The SMILES string of the molecule is C[C-]=Cc1ccc(OCCCCCCCCCCCCCCCCCC)cc1.[Br-].[Mg+2]. The van der Waals surface area contributed by atoms with Gasteiger partial charge in [-0.2, -0.15) is 5.56 Å². The van der Waals surface area contributed by atoms with Gasteiger partial charge in [0.15, 0.2) is 0 Å². The van der Waals surface area contributed by atoms with E-state index in [1.54, 1.807) is 0 Å². The van der Waals surface area contributed by atoms with E-state index in [9.17, 15) is 0 Å². The summed E-state index contributed by atoms with van der Waals surface area (Å²) in [5, 5.41) is 0. The van der Waals surface area contributed by atoms with Crippen LogP contribution in [0.5, 0.6) is 5.75 Å². The Bertz CT molecular complexity index is 472. The molecule has 0 spiro atoms. The normalized spacial score (nSPS) is 10.6. The molecule has 0 saturated heterocycles. The molecule has 0 radical (unpaired) electrons. The first-order valence-electron chi connectivity index (χ1n) is 12.1. The third kappa shape index (κ3) is 19.9. The molecule has 0 aromatic heterocycles. The van der Waals surface area contributed by atoms with Gasteiger partial charge in [-0.25, -0.2) is 6.08 Å². The Morgan fingerprint density at radius 2 is 1.07 bits per heavy atom. The molecule has 0 fully saturated rings. The smallest absolute Gasteiger partial charge is 1.00 e. The van der Waals surface area contributed by atoms with Gasteiger partial charge in [0.05, 0.1) is 6.61 Å². The van der Waals surface area contributed by atoms with E-state index in [-0.39, 0.29) is 40.0 Å². The van der Waals surface area contributed by atoms with Crippen molar-refractivity contribution in [3.05, 3.63) is 35.9 Å². The van der Waals surface area contributed by atoms with Crippen molar-refractivity contribution in [3.8, 4) is 5.75 Å². The number of rotatable bonds is 19. The van der Waals surface area contributed by atoms with Gasteiger partial charge in [-0.3, -0.25) is 6.08 Å². The number of unbranched alkanes of at least 4 members (excludes halogenated alkanes) is 15. The average molecular weight is 490 g/mol. The van der Waals surface area contributed by atoms with Crippen LogP contribution in [0.2, 0.25) is 0 Å². The Balaban J connectivity index is 0. The molecule has 0 N–H and O–H groups in total. The maximum absolute atomic E-state index is 5.82. The van der Waals surface area contributed by atoms with E-state index in [1.807, 2.05) is 13.0 Å². The van der Waals surface area contributed by atoms with Crippen LogP contribution in [-0.2, 0) is 0 Å². The van der Waals surface area contributed by atoms with Crippen molar-refractivity contribution < 1.29 is 21.7 Å². The zero-order valence-electron chi connectivity index (χ0n) is 19.9. The van der Waals surface area contributed by atoms with Crippen LogP contribution in [0, 0.1) is 6.08 Å². The summed E-state index contributed by atoms with van der Waals surface area (Å²) < 4.78 is 5.82. The van der Waals surface area contributed by atoms with Crippen LogP contribution in [0.25, 0.3) is 6.08 Å². The second kappa shape index (κ2) is 25.3. The standard InChI is InChI=1S/C27H45O.BrH.Mg/c1-3-5-6-7-8-9-10-11-12-13-14-15-16-17-18-19-25-28-27-23-21-26(20-4-2)22-24-27;;/h20-24H,3,5-19,25H2,1-2H3;1H;/q-1;;+2/p-1. The number of halogens is 1. The van der Waals surface area contributed by atoms with Gasteiger partial charge in [0.2, 0.25) is 0 Å². The molecule has 0 aliphatic rings. The Kier molecular flexibility index (Phi) is 27.1. The van der Waals surface area contributed by atoms with Gasteiger partial charge in [-0.05, 0) is 18.6 Å². The van der Waals surface area contributed by atoms with E-state index in [4.69, 9.17) is 4.74 Å². The fourth-order valence-corrected chi connectivity index (χ4v) is 3.67. The molecule has 1 aromatic rings. The molecule has 0 amide bonds. The van der Waals surface area contributed by atoms with Gasteiger partial charge in [-0.15, -0.1) is 19.1 Å². The summed E-state index contributed by atoms with van der Waals surface area (Å²) in [6.45, 7) is 5.05. The van der Waals surface area contributed by atoms with Crippen LogP contribution in [0.4, 0.5) is 0 Å². The number of hydrogen-bond donors (Lipinski definition) is 0. The average Bonchev–Trinajstić information content (AvgIpc) is 2.72. The molecule has 1 rings (SSSR count). The van der Waals surface area contributed by atoms with Crippen LogP contribution >= 0.6 is 0 Å². The fourth-order valence-electron chi connectivity index (χ4n) is 3.67. The van der Waals surface area contributed by atoms with Crippen molar-refractivity contribution in [2.45, 2.75) is 117 Å². The number of benzene rings is 1. The van der Waals surface area contributed by atoms with Gasteiger partial charge in [0, 0.05) is 0 Å². The fraction of sp³-hybridized carbons (Fsp3) is 0.704. The van der Waals surface area contributed by atoms with Crippen LogP contribution in [-0.4, -0.2) is 29.7 Å². The van der Waals surface area contributed by atoms with Gasteiger partial charge in [0.25, 0.3) is 0 Å². The molecule has 3 heteroatoms. The summed E-state index contributed by atoms with van der Waals surface area (Å²) in [6, 6.07) is 8.27. The minimum atomic E-state index is 0. The van der Waals surface area contributed by atoms with Gasteiger partial charge >= 0.3 is 23.1 Å². The van der Waals surface area contributed by atoms with E-state index < -0.39 is 0 Å². The Hall–Kier alpha value is 0.00623. The van der Waals surface area contributed by atoms with Crippen LogP contribution in [0.15, 0.2) is 24.3 Å². The molecule has 0 heterocycles. The van der Waals surface area contributed by atoms with E-state index in [2.05, 4.69) is 37.3 Å². The molecule has 0 unspecified atom stereocenters. The summed E-state index contributed by atoms with van der Waals surface area (Å²) in [4.78, 5) is 0. The molecule has 1 nitrogen and oxygen atoms in total. The minimum absolute atomic E-state index is 0. The van der Waals surface area contributed by atoms with Crippen molar-refractivity contribution in [1.82, 2.24) is 0 Å². The first-order chi connectivity index (χ1) is 13.9. The number of allylic oxidation sites excluding steroid dienone is 1. The minimum Gasteiger partial charge on any atom is -1.00 e. The molecular weight excluding hydrogens is 445 g/mol. The molecule has 0 saturated carbocycles. The predicted octanol–water partition coefficient (Wildman–Crippen LogP) is 5.79. The number of hydrogen-bond acceptors (Lipinski definition) is 1. The zero-order valence-corrected chi connectivity index (χ0v) is 22.9. The molecule has 168 valence electrons. The van der Waals surface area contributed by atoms with Gasteiger partial charge in [0.1, 0.15) is 5.75 Å². The van der Waals surface area contributed by atoms with E-state index in [1.165, 1.54) is 108 Å². The van der Waals surface area contributed by atoms with Gasteiger partial charge in [-0.1, -0.05) is 103 Å². The van der Waals surface area contributed by atoms with Crippen molar-refractivity contribution >= 4 is 29.1 Å². The van der Waals surface area contributed by atoms with Gasteiger partial charge < -0.3 is 21.7 Å². The topological polar surface area (TPSA) is 9.23 Å². The van der Waals surface area contributed by atoms with Crippen molar-refractivity contribution in [2.24, 2.45) is 0 Å². The summed E-state index contributed by atoms with van der Waals surface area (Å²) in [5.41, 5.74) is 1.18. The second-order valence-corrected chi connectivity index (χ2v) is 8.15. The summed E-state index contributed by atoms with van der Waals surface area (Å²) in [6.07, 6.45) is 27.5. The summed E-state index contributed by atoms with van der Waals surface area (Å²) in [5.74, 6) is 0.981. The van der Waals surface area contributed by atoms with Crippen molar-refractivity contribution in [2.75, 3.05) is 6.61 Å². The van der Waals surface area contributed by atoms with Crippen LogP contribution < -0.4 is 21.7 Å². The summed E-state index contributed by atoms with van der Waals surface area (Å²) in [7, 11) is 0. The first-order valence-corrected chi connectivity index (χ1v) is 12.1. The third-order valence-electron chi connectivity index (χ3n) is 5.46. The second-order valence-electron chi connectivity index (χ2n) is 8.15. The molecule has 0 bridgehead atoms. The largest absolute Gasteiger partial charge is 2.00 e. The molecular formula is C27H45BrMgO. The Labute approximate surface area is 214 Å². The number of ether oxygens (including phenoxy) is 1. The van der Waals surface area contributed by atoms with Crippen LogP contribution in [0.3, 0.4) is 0 Å². The van der Waals surface area contributed by atoms with Crippen molar-refractivity contribution in [3.63, 3.8) is 0 Å². The zero-order chi connectivity index (χ0) is 20.1. The third-order valence-corrected chi connectivity index (χ3v) is 5.46. The predicted molar refractivity (Wildman–Crippen MR) is 131 cm³/mol.